The maximum absolute atomic E-state index is 5.03. The summed E-state index contributed by atoms with van der Waals surface area (Å²) in [5, 5.41) is 3.53. The Bertz CT molecular complexity index is 2980. The van der Waals surface area contributed by atoms with E-state index in [1.807, 2.05) is 48.7 Å². The van der Waals surface area contributed by atoms with Crippen LogP contribution in [0.3, 0.4) is 0 Å². The monoisotopic (exact) mass is 714 g/mol. The van der Waals surface area contributed by atoms with Crippen LogP contribution in [-0.2, 0) is 0 Å². The molecule has 10 rings (SSSR count). The maximum atomic E-state index is 5.03. The van der Waals surface area contributed by atoms with Crippen LogP contribution in [0, 0.1) is 0 Å². The number of fused-ring (bicyclic) bond motifs is 3. The Morgan fingerprint density at radius 2 is 0.696 bits per heavy atom. The van der Waals surface area contributed by atoms with Gasteiger partial charge in [-0.1, -0.05) is 182 Å². The number of rotatable bonds is 7. The van der Waals surface area contributed by atoms with Crippen molar-refractivity contribution in [1.82, 2.24) is 19.9 Å². The first-order valence-electron chi connectivity index (χ1n) is 18.8. The van der Waals surface area contributed by atoms with Crippen LogP contribution in [0.2, 0.25) is 0 Å². The number of hydrogen-bond donors (Lipinski definition) is 0. The van der Waals surface area contributed by atoms with Gasteiger partial charge in [0, 0.05) is 33.7 Å². The van der Waals surface area contributed by atoms with Gasteiger partial charge in [-0.3, -0.25) is 4.98 Å². The van der Waals surface area contributed by atoms with E-state index in [1.165, 1.54) is 33.0 Å². The van der Waals surface area contributed by atoms with E-state index < -0.39 is 0 Å². The fourth-order valence-corrected chi connectivity index (χ4v) is 7.48. The summed E-state index contributed by atoms with van der Waals surface area (Å²) in [4.78, 5) is 19.6. The second-order valence-electron chi connectivity index (χ2n) is 13.9. The fraction of sp³-hybridized carbons (Fsp3) is 0. The quantitative estimate of drug-likeness (QED) is 0.154. The summed E-state index contributed by atoms with van der Waals surface area (Å²) in [6.45, 7) is 0. The van der Waals surface area contributed by atoms with Crippen molar-refractivity contribution in [2.45, 2.75) is 0 Å². The van der Waals surface area contributed by atoms with Gasteiger partial charge in [0.15, 0.2) is 17.5 Å². The molecule has 0 atom stereocenters. The van der Waals surface area contributed by atoms with Crippen molar-refractivity contribution < 1.29 is 0 Å². The molecule has 0 aliphatic rings. The number of nitrogens with zero attached hydrogens (tertiary/aromatic N) is 4. The average molecular weight is 715 g/mol. The molecule has 0 bridgehead atoms. The van der Waals surface area contributed by atoms with Crippen LogP contribution >= 0.6 is 0 Å². The lowest BCUT2D eigenvalue weighted by molar-refractivity contribution is 1.07. The normalized spacial score (nSPS) is 11.2. The molecular weight excluding hydrogens is 681 g/mol. The third-order valence-electron chi connectivity index (χ3n) is 10.4. The van der Waals surface area contributed by atoms with Crippen LogP contribution in [0.25, 0.3) is 100 Å². The molecule has 0 spiro atoms. The fourth-order valence-electron chi connectivity index (χ4n) is 7.48. The average Bonchev–Trinajstić information content (AvgIpc) is 3.29. The Balaban J connectivity index is 0.949. The van der Waals surface area contributed by atoms with Crippen LogP contribution in [0.5, 0.6) is 0 Å². The summed E-state index contributed by atoms with van der Waals surface area (Å²) >= 11 is 0. The standard InChI is InChI=1S/C52H34N4/c1-3-11-35(12-4-1)36-26-30-42(31-27-36)51-54-50(41-13-5-2-6-14-41)55-52(56-51)45-16-9-15-43(33-45)39-22-20-37(21-23-39)38-24-28-40(29-25-38)48-34-44-17-10-32-53-49(44)47-19-8-7-18-46(47)48/h1-34H. The molecule has 2 heterocycles. The predicted octanol–water partition coefficient (Wildman–Crippen LogP) is 13.2. The smallest absolute Gasteiger partial charge is 0.164 e. The molecule has 0 saturated heterocycles. The molecule has 8 aromatic carbocycles. The molecule has 0 saturated carbocycles. The minimum Gasteiger partial charge on any atom is -0.256 e. The van der Waals surface area contributed by atoms with Gasteiger partial charge in [-0.05, 0) is 68.1 Å². The molecule has 56 heavy (non-hydrogen) atoms. The topological polar surface area (TPSA) is 51.6 Å². The molecule has 0 aliphatic carbocycles. The van der Waals surface area contributed by atoms with E-state index in [4.69, 9.17) is 15.0 Å². The van der Waals surface area contributed by atoms with Crippen LogP contribution in [0.15, 0.2) is 206 Å². The molecule has 262 valence electrons. The van der Waals surface area contributed by atoms with Crippen molar-refractivity contribution in [1.29, 1.82) is 0 Å². The highest BCUT2D eigenvalue weighted by Gasteiger charge is 2.14. The van der Waals surface area contributed by atoms with Gasteiger partial charge in [-0.15, -0.1) is 0 Å². The van der Waals surface area contributed by atoms with E-state index >= 15 is 0 Å². The lowest BCUT2D eigenvalue weighted by atomic mass is 9.93. The highest BCUT2D eigenvalue weighted by atomic mass is 15.0. The number of hydrogen-bond acceptors (Lipinski definition) is 4. The van der Waals surface area contributed by atoms with Crippen LogP contribution in [0.1, 0.15) is 0 Å². The molecule has 0 fully saturated rings. The first-order valence-corrected chi connectivity index (χ1v) is 18.8. The largest absolute Gasteiger partial charge is 0.256 e. The molecule has 0 unspecified atom stereocenters. The molecular formula is C52H34N4. The van der Waals surface area contributed by atoms with Crippen molar-refractivity contribution in [3.8, 4) is 78.7 Å². The van der Waals surface area contributed by atoms with Gasteiger partial charge in [0.2, 0.25) is 0 Å². The highest BCUT2D eigenvalue weighted by molar-refractivity contribution is 6.12. The van der Waals surface area contributed by atoms with E-state index in [9.17, 15) is 0 Å². The Hall–Kier alpha value is -7.56. The molecule has 0 N–H and O–H groups in total. The lowest BCUT2D eigenvalue weighted by Gasteiger charge is -2.12. The Morgan fingerprint density at radius 1 is 0.268 bits per heavy atom. The van der Waals surface area contributed by atoms with Crippen molar-refractivity contribution in [3.05, 3.63) is 206 Å². The lowest BCUT2D eigenvalue weighted by Crippen LogP contribution is -2.00. The van der Waals surface area contributed by atoms with Crippen molar-refractivity contribution in [2.24, 2.45) is 0 Å². The summed E-state index contributed by atoms with van der Waals surface area (Å²) in [6.07, 6.45) is 1.87. The molecule has 0 radical (unpaired) electrons. The molecule has 0 aliphatic heterocycles. The van der Waals surface area contributed by atoms with Gasteiger partial charge in [0.25, 0.3) is 0 Å². The van der Waals surface area contributed by atoms with Crippen LogP contribution in [-0.4, -0.2) is 19.9 Å². The van der Waals surface area contributed by atoms with Gasteiger partial charge in [0.1, 0.15) is 0 Å². The van der Waals surface area contributed by atoms with Gasteiger partial charge in [0.05, 0.1) is 5.52 Å². The van der Waals surface area contributed by atoms with E-state index in [0.717, 1.165) is 49.8 Å². The minimum atomic E-state index is 0.634. The molecule has 0 amide bonds. The third kappa shape index (κ3) is 6.40. The first kappa shape index (κ1) is 33.0. The highest BCUT2D eigenvalue weighted by Crippen LogP contribution is 2.36. The molecule has 4 nitrogen and oxygen atoms in total. The van der Waals surface area contributed by atoms with Crippen molar-refractivity contribution in [2.75, 3.05) is 0 Å². The SMILES string of the molecule is c1ccc(-c2ccc(-c3nc(-c4ccccc4)nc(-c4cccc(-c5ccc(-c6ccc(-c7cc8cccnc8c8ccccc78)cc6)cc5)c4)n3)cc2)cc1. The molecule has 2 aromatic heterocycles. The van der Waals surface area contributed by atoms with E-state index in [2.05, 4.69) is 163 Å². The number of benzene rings is 8. The third-order valence-corrected chi connectivity index (χ3v) is 10.4. The minimum absolute atomic E-state index is 0.634. The number of pyridine rings is 1. The summed E-state index contributed by atoms with van der Waals surface area (Å²) in [5.41, 5.74) is 13.1. The van der Waals surface area contributed by atoms with Gasteiger partial charge in [-0.25, -0.2) is 15.0 Å². The van der Waals surface area contributed by atoms with E-state index in [1.54, 1.807) is 0 Å². The zero-order chi connectivity index (χ0) is 37.3. The zero-order valence-electron chi connectivity index (χ0n) is 30.4. The summed E-state index contributed by atoms with van der Waals surface area (Å²) in [5.74, 6) is 1.92. The van der Waals surface area contributed by atoms with E-state index in [-0.39, 0.29) is 0 Å². The second kappa shape index (κ2) is 14.3. The summed E-state index contributed by atoms with van der Waals surface area (Å²) < 4.78 is 0. The maximum Gasteiger partial charge on any atom is 0.164 e. The van der Waals surface area contributed by atoms with Gasteiger partial charge < -0.3 is 0 Å². The van der Waals surface area contributed by atoms with Crippen molar-refractivity contribution in [3.63, 3.8) is 0 Å². The van der Waals surface area contributed by atoms with Crippen molar-refractivity contribution >= 4 is 21.7 Å². The van der Waals surface area contributed by atoms with E-state index in [0.29, 0.717) is 17.5 Å². The zero-order valence-corrected chi connectivity index (χ0v) is 30.4. The van der Waals surface area contributed by atoms with Crippen LogP contribution in [0.4, 0.5) is 0 Å². The number of aromatic nitrogens is 4. The predicted molar refractivity (Wildman–Crippen MR) is 231 cm³/mol. The second-order valence-corrected chi connectivity index (χ2v) is 13.9. The molecule has 10 aromatic rings. The van der Waals surface area contributed by atoms with Gasteiger partial charge in [-0.2, -0.15) is 0 Å². The first-order chi connectivity index (χ1) is 27.7. The Labute approximate surface area is 325 Å². The van der Waals surface area contributed by atoms with Gasteiger partial charge >= 0.3 is 0 Å². The summed E-state index contributed by atoms with van der Waals surface area (Å²) in [7, 11) is 0. The molecule has 4 heteroatoms. The van der Waals surface area contributed by atoms with Crippen LogP contribution < -0.4 is 0 Å². The Morgan fingerprint density at radius 3 is 1.32 bits per heavy atom. The Kier molecular flexibility index (Phi) is 8.47. The summed E-state index contributed by atoms with van der Waals surface area (Å²) in [6, 6.07) is 69.9.